The molecule has 1 atom stereocenters. The molecule has 0 aromatic carbocycles. The lowest BCUT2D eigenvalue weighted by atomic mass is 10.1. The summed E-state index contributed by atoms with van der Waals surface area (Å²) in [7, 11) is 1.62. The standard InChI is InChI=1S/C10H14N2O/c1-13-9-4-2-3-8(12-9)10(11)7-5-6-7/h2-4,7,10H,5-6,11H2,1H3/t10-/m0/s1. The summed E-state index contributed by atoms with van der Waals surface area (Å²) in [4.78, 5) is 4.31. The first-order valence-electron chi connectivity index (χ1n) is 4.58. The monoisotopic (exact) mass is 178 g/mol. The SMILES string of the molecule is COc1cccc([C@@H](N)C2CC2)n1. The maximum absolute atomic E-state index is 6.01. The van der Waals surface area contributed by atoms with Crippen molar-refractivity contribution in [3.8, 4) is 5.88 Å². The van der Waals surface area contributed by atoms with Crippen LogP contribution in [0.3, 0.4) is 0 Å². The van der Waals surface area contributed by atoms with Crippen LogP contribution in [0.25, 0.3) is 0 Å². The van der Waals surface area contributed by atoms with Crippen LogP contribution in [-0.4, -0.2) is 12.1 Å². The Labute approximate surface area is 77.9 Å². The van der Waals surface area contributed by atoms with Crippen LogP contribution in [0.4, 0.5) is 0 Å². The van der Waals surface area contributed by atoms with Crippen LogP contribution in [0.1, 0.15) is 24.6 Å². The minimum atomic E-state index is 0.0927. The van der Waals surface area contributed by atoms with Gasteiger partial charge in [0.15, 0.2) is 0 Å². The average molecular weight is 178 g/mol. The Morgan fingerprint density at radius 2 is 2.31 bits per heavy atom. The fraction of sp³-hybridized carbons (Fsp3) is 0.500. The largest absolute Gasteiger partial charge is 0.481 e. The van der Waals surface area contributed by atoms with Gasteiger partial charge < -0.3 is 10.5 Å². The number of methoxy groups -OCH3 is 1. The molecule has 1 aromatic heterocycles. The first-order valence-corrected chi connectivity index (χ1v) is 4.58. The van der Waals surface area contributed by atoms with Gasteiger partial charge in [0.1, 0.15) is 0 Å². The number of hydrogen-bond acceptors (Lipinski definition) is 3. The van der Waals surface area contributed by atoms with Crippen LogP contribution in [0.2, 0.25) is 0 Å². The van der Waals surface area contributed by atoms with Crippen LogP contribution in [-0.2, 0) is 0 Å². The van der Waals surface area contributed by atoms with E-state index in [0.29, 0.717) is 11.8 Å². The number of aromatic nitrogens is 1. The van der Waals surface area contributed by atoms with E-state index in [0.717, 1.165) is 5.69 Å². The summed E-state index contributed by atoms with van der Waals surface area (Å²) in [5, 5.41) is 0. The van der Waals surface area contributed by atoms with Crippen molar-refractivity contribution in [3.63, 3.8) is 0 Å². The van der Waals surface area contributed by atoms with Gasteiger partial charge in [-0.2, -0.15) is 0 Å². The molecule has 0 aliphatic heterocycles. The Hall–Kier alpha value is -1.09. The van der Waals surface area contributed by atoms with Gasteiger partial charge in [-0.25, -0.2) is 4.98 Å². The zero-order valence-electron chi connectivity index (χ0n) is 7.73. The Morgan fingerprint density at radius 1 is 1.54 bits per heavy atom. The molecule has 0 spiro atoms. The molecular weight excluding hydrogens is 164 g/mol. The van der Waals surface area contributed by atoms with Crippen LogP contribution >= 0.6 is 0 Å². The summed E-state index contributed by atoms with van der Waals surface area (Å²) in [6.45, 7) is 0. The number of nitrogens with zero attached hydrogens (tertiary/aromatic N) is 1. The van der Waals surface area contributed by atoms with E-state index in [1.165, 1.54) is 12.8 Å². The van der Waals surface area contributed by atoms with Gasteiger partial charge in [0.2, 0.25) is 5.88 Å². The third-order valence-corrected chi connectivity index (χ3v) is 2.43. The Morgan fingerprint density at radius 3 is 2.92 bits per heavy atom. The highest BCUT2D eigenvalue weighted by Gasteiger charge is 2.30. The first-order chi connectivity index (χ1) is 6.31. The van der Waals surface area contributed by atoms with Gasteiger partial charge in [-0.1, -0.05) is 6.07 Å². The van der Waals surface area contributed by atoms with Gasteiger partial charge in [0, 0.05) is 12.1 Å². The molecule has 0 radical (unpaired) electrons. The molecule has 2 rings (SSSR count). The molecule has 3 nitrogen and oxygen atoms in total. The summed E-state index contributed by atoms with van der Waals surface area (Å²) >= 11 is 0. The fourth-order valence-electron chi connectivity index (χ4n) is 1.43. The number of ether oxygens (including phenoxy) is 1. The molecule has 1 saturated carbocycles. The number of hydrogen-bond donors (Lipinski definition) is 1. The van der Waals surface area contributed by atoms with Gasteiger partial charge in [-0.3, -0.25) is 0 Å². The molecule has 2 N–H and O–H groups in total. The predicted octanol–water partition coefficient (Wildman–Crippen LogP) is 1.50. The molecule has 13 heavy (non-hydrogen) atoms. The first kappa shape index (κ1) is 8.51. The fourth-order valence-corrected chi connectivity index (χ4v) is 1.43. The second-order valence-electron chi connectivity index (χ2n) is 3.47. The quantitative estimate of drug-likeness (QED) is 0.763. The minimum Gasteiger partial charge on any atom is -0.481 e. The van der Waals surface area contributed by atoms with Crippen LogP contribution in [0.15, 0.2) is 18.2 Å². The molecule has 3 heteroatoms. The lowest BCUT2D eigenvalue weighted by molar-refractivity contribution is 0.394. The number of pyridine rings is 1. The van der Waals surface area contributed by atoms with Crippen molar-refractivity contribution in [2.45, 2.75) is 18.9 Å². The zero-order valence-corrected chi connectivity index (χ0v) is 7.73. The van der Waals surface area contributed by atoms with Gasteiger partial charge >= 0.3 is 0 Å². The summed E-state index contributed by atoms with van der Waals surface area (Å²) in [5.74, 6) is 1.29. The molecule has 1 aliphatic carbocycles. The van der Waals surface area contributed by atoms with E-state index in [1.807, 2.05) is 18.2 Å². The van der Waals surface area contributed by atoms with Gasteiger partial charge in [-0.05, 0) is 24.8 Å². The van der Waals surface area contributed by atoms with Crippen molar-refractivity contribution in [2.75, 3.05) is 7.11 Å². The maximum Gasteiger partial charge on any atom is 0.213 e. The predicted molar refractivity (Wildman–Crippen MR) is 50.4 cm³/mol. The lowest BCUT2D eigenvalue weighted by Crippen LogP contribution is -2.14. The second kappa shape index (κ2) is 3.34. The highest BCUT2D eigenvalue weighted by atomic mass is 16.5. The Balaban J connectivity index is 2.18. The van der Waals surface area contributed by atoms with E-state index >= 15 is 0 Å². The Bertz CT molecular complexity index is 297. The number of rotatable bonds is 3. The molecule has 70 valence electrons. The van der Waals surface area contributed by atoms with E-state index < -0.39 is 0 Å². The van der Waals surface area contributed by atoms with E-state index in [-0.39, 0.29) is 6.04 Å². The molecule has 1 aliphatic rings. The third-order valence-electron chi connectivity index (χ3n) is 2.43. The van der Waals surface area contributed by atoms with Gasteiger partial charge in [0.05, 0.1) is 12.8 Å². The molecule has 0 amide bonds. The van der Waals surface area contributed by atoms with Crippen LogP contribution < -0.4 is 10.5 Å². The summed E-state index contributed by atoms with van der Waals surface area (Å²) < 4.78 is 5.04. The minimum absolute atomic E-state index is 0.0927. The molecular formula is C10H14N2O. The van der Waals surface area contributed by atoms with E-state index in [2.05, 4.69) is 4.98 Å². The molecule has 1 fully saturated rings. The van der Waals surface area contributed by atoms with Crippen molar-refractivity contribution in [2.24, 2.45) is 11.7 Å². The highest BCUT2D eigenvalue weighted by molar-refractivity contribution is 5.19. The van der Waals surface area contributed by atoms with Crippen molar-refractivity contribution < 1.29 is 4.74 Å². The van der Waals surface area contributed by atoms with E-state index in [9.17, 15) is 0 Å². The Kier molecular flexibility index (Phi) is 2.19. The second-order valence-corrected chi connectivity index (χ2v) is 3.47. The smallest absolute Gasteiger partial charge is 0.213 e. The molecule has 0 unspecified atom stereocenters. The van der Waals surface area contributed by atoms with Gasteiger partial charge in [0.25, 0.3) is 0 Å². The normalized spacial score (nSPS) is 18.3. The molecule has 1 heterocycles. The van der Waals surface area contributed by atoms with Crippen molar-refractivity contribution in [1.82, 2.24) is 4.98 Å². The molecule has 1 aromatic rings. The maximum atomic E-state index is 6.01. The lowest BCUT2D eigenvalue weighted by Gasteiger charge is -2.09. The van der Waals surface area contributed by atoms with Crippen molar-refractivity contribution in [1.29, 1.82) is 0 Å². The van der Waals surface area contributed by atoms with Crippen molar-refractivity contribution in [3.05, 3.63) is 23.9 Å². The summed E-state index contributed by atoms with van der Waals surface area (Å²) in [5.41, 5.74) is 6.95. The average Bonchev–Trinajstić information content (AvgIpc) is 3.00. The molecule has 0 bridgehead atoms. The van der Waals surface area contributed by atoms with Crippen LogP contribution in [0, 0.1) is 5.92 Å². The van der Waals surface area contributed by atoms with E-state index in [1.54, 1.807) is 7.11 Å². The van der Waals surface area contributed by atoms with Gasteiger partial charge in [-0.15, -0.1) is 0 Å². The van der Waals surface area contributed by atoms with Crippen molar-refractivity contribution >= 4 is 0 Å². The highest BCUT2D eigenvalue weighted by Crippen LogP contribution is 2.38. The summed E-state index contributed by atoms with van der Waals surface area (Å²) in [6, 6.07) is 5.83. The topological polar surface area (TPSA) is 48.1 Å². The molecule has 0 saturated heterocycles. The summed E-state index contributed by atoms with van der Waals surface area (Å²) in [6.07, 6.45) is 2.47. The third kappa shape index (κ3) is 1.80. The number of nitrogens with two attached hydrogens (primary N) is 1. The zero-order chi connectivity index (χ0) is 9.26. The van der Waals surface area contributed by atoms with E-state index in [4.69, 9.17) is 10.5 Å². The van der Waals surface area contributed by atoms with Crippen LogP contribution in [0.5, 0.6) is 5.88 Å².